The number of hydrogen-bond acceptors (Lipinski definition) is 7. The average Bonchev–Trinajstić information content (AvgIpc) is 2.69. The summed E-state index contributed by atoms with van der Waals surface area (Å²) in [6.45, 7) is 3.90. The summed E-state index contributed by atoms with van der Waals surface area (Å²) in [6.07, 6.45) is 2.85. The number of nitrogens with one attached hydrogen (secondary N) is 1. The summed E-state index contributed by atoms with van der Waals surface area (Å²) < 4.78 is 6.69. The largest absolute Gasteiger partial charge is 0.431 e. The molecular formula is C21H16BrN5O3. The summed E-state index contributed by atoms with van der Waals surface area (Å²) in [6, 6.07) is 12.9. The highest BCUT2D eigenvalue weighted by molar-refractivity contribution is 9.10. The Balaban J connectivity index is 1.77. The maximum atomic E-state index is 11.9. The minimum absolute atomic E-state index is 0.0457. The molecule has 0 saturated heterocycles. The number of fused-ring (bicyclic) bond motifs is 1. The maximum Gasteiger partial charge on any atom is 0.373 e. The highest BCUT2D eigenvalue weighted by Crippen LogP contribution is 2.38. The topological polar surface area (TPSA) is 103 Å². The molecule has 30 heavy (non-hydrogen) atoms. The van der Waals surface area contributed by atoms with E-state index >= 15 is 0 Å². The molecule has 0 aliphatic rings. The molecule has 0 amide bonds. The smallest absolute Gasteiger partial charge is 0.373 e. The van der Waals surface area contributed by atoms with Crippen LogP contribution in [0.15, 0.2) is 59.5 Å². The first-order chi connectivity index (χ1) is 14.4. The summed E-state index contributed by atoms with van der Waals surface area (Å²) in [5.41, 5.74) is 2.94. The molecule has 0 aliphatic heterocycles. The number of hydrogen-bond donors (Lipinski definition) is 1. The number of halogens is 1. The average molecular weight is 466 g/mol. The van der Waals surface area contributed by atoms with E-state index in [1.54, 1.807) is 24.4 Å². The molecular weight excluding hydrogens is 450 g/mol. The zero-order chi connectivity index (χ0) is 21.3. The second-order valence-corrected chi connectivity index (χ2v) is 7.54. The van der Waals surface area contributed by atoms with E-state index in [4.69, 9.17) is 4.74 Å². The number of nitro groups is 1. The standard InChI is InChI=1S/C21H16BrN5O3/c1-12-8-13(2)10-14(9-12)26-20-19(27(28)29)21(25-11-24-20)30-17-6-5-16(22)15-4-3-7-23-18(15)17/h3-11H,1-2H3,(H,24,25,26). The van der Waals surface area contributed by atoms with E-state index in [0.717, 1.165) is 21.0 Å². The van der Waals surface area contributed by atoms with Gasteiger partial charge in [-0.15, -0.1) is 0 Å². The Labute approximate surface area is 180 Å². The summed E-state index contributed by atoms with van der Waals surface area (Å²) in [4.78, 5) is 23.7. The van der Waals surface area contributed by atoms with E-state index in [2.05, 4.69) is 36.2 Å². The van der Waals surface area contributed by atoms with Crippen molar-refractivity contribution in [1.82, 2.24) is 15.0 Å². The van der Waals surface area contributed by atoms with Crippen LogP contribution in [-0.4, -0.2) is 19.9 Å². The monoisotopic (exact) mass is 465 g/mol. The number of benzene rings is 2. The van der Waals surface area contributed by atoms with Gasteiger partial charge in [0.2, 0.25) is 5.82 Å². The molecule has 4 rings (SSSR count). The molecule has 0 bridgehead atoms. The van der Waals surface area contributed by atoms with Gasteiger partial charge in [0.15, 0.2) is 5.75 Å². The lowest BCUT2D eigenvalue weighted by Crippen LogP contribution is -2.04. The third-order valence-corrected chi connectivity index (χ3v) is 5.03. The summed E-state index contributed by atoms with van der Waals surface area (Å²) in [5.74, 6) is 0.230. The third kappa shape index (κ3) is 3.92. The minimum atomic E-state index is -0.561. The lowest BCUT2D eigenvalue weighted by molar-refractivity contribution is -0.385. The number of aryl methyl sites for hydroxylation is 2. The van der Waals surface area contributed by atoms with Crippen LogP contribution in [0.2, 0.25) is 0 Å². The summed E-state index contributed by atoms with van der Waals surface area (Å²) in [7, 11) is 0. The number of ether oxygens (including phenoxy) is 1. The molecule has 0 atom stereocenters. The number of anilines is 2. The molecule has 0 spiro atoms. The number of aromatic nitrogens is 3. The van der Waals surface area contributed by atoms with Gasteiger partial charge in [0, 0.05) is 21.7 Å². The Morgan fingerprint density at radius 2 is 1.83 bits per heavy atom. The molecule has 150 valence electrons. The Hall–Kier alpha value is -3.59. The van der Waals surface area contributed by atoms with Gasteiger partial charge in [-0.25, -0.2) is 4.98 Å². The highest BCUT2D eigenvalue weighted by Gasteiger charge is 2.26. The summed E-state index contributed by atoms with van der Waals surface area (Å²) >= 11 is 3.48. The SMILES string of the molecule is Cc1cc(C)cc(Nc2ncnc(Oc3ccc(Br)c4cccnc34)c2[N+](=O)[O-])c1. The second kappa shape index (κ2) is 8.03. The van der Waals surface area contributed by atoms with Crippen LogP contribution in [0.1, 0.15) is 11.1 Å². The first-order valence-corrected chi connectivity index (χ1v) is 9.77. The zero-order valence-corrected chi connectivity index (χ0v) is 17.7. The minimum Gasteiger partial charge on any atom is -0.431 e. The Kier molecular flexibility index (Phi) is 5.28. The van der Waals surface area contributed by atoms with Crippen LogP contribution in [0.4, 0.5) is 17.2 Å². The number of rotatable bonds is 5. The lowest BCUT2D eigenvalue weighted by atomic mass is 10.1. The van der Waals surface area contributed by atoms with E-state index in [0.29, 0.717) is 17.0 Å². The van der Waals surface area contributed by atoms with Crippen molar-refractivity contribution in [2.45, 2.75) is 13.8 Å². The molecule has 0 unspecified atom stereocenters. The maximum absolute atomic E-state index is 11.9. The van der Waals surface area contributed by atoms with Crippen LogP contribution in [0.5, 0.6) is 11.6 Å². The third-order valence-electron chi connectivity index (χ3n) is 4.34. The van der Waals surface area contributed by atoms with Gasteiger partial charge in [-0.1, -0.05) is 28.1 Å². The van der Waals surface area contributed by atoms with E-state index < -0.39 is 4.92 Å². The van der Waals surface area contributed by atoms with Crippen molar-refractivity contribution in [3.63, 3.8) is 0 Å². The van der Waals surface area contributed by atoms with Crippen molar-refractivity contribution in [1.29, 1.82) is 0 Å². The Morgan fingerprint density at radius 1 is 1.07 bits per heavy atom. The van der Waals surface area contributed by atoms with Crippen LogP contribution >= 0.6 is 15.9 Å². The van der Waals surface area contributed by atoms with Gasteiger partial charge in [-0.2, -0.15) is 4.98 Å². The van der Waals surface area contributed by atoms with E-state index in [1.165, 1.54) is 6.33 Å². The van der Waals surface area contributed by atoms with Gasteiger partial charge in [0.05, 0.1) is 4.92 Å². The van der Waals surface area contributed by atoms with Gasteiger partial charge in [-0.3, -0.25) is 15.1 Å². The fourth-order valence-electron chi connectivity index (χ4n) is 3.18. The molecule has 4 aromatic rings. The first-order valence-electron chi connectivity index (χ1n) is 8.98. The normalized spacial score (nSPS) is 10.8. The van der Waals surface area contributed by atoms with Crippen molar-refractivity contribution in [2.75, 3.05) is 5.32 Å². The van der Waals surface area contributed by atoms with Crippen LogP contribution in [-0.2, 0) is 0 Å². The highest BCUT2D eigenvalue weighted by atomic mass is 79.9. The second-order valence-electron chi connectivity index (χ2n) is 6.68. The van der Waals surface area contributed by atoms with Crippen molar-refractivity contribution in [2.24, 2.45) is 0 Å². The first kappa shape index (κ1) is 19.7. The van der Waals surface area contributed by atoms with Crippen LogP contribution in [0.3, 0.4) is 0 Å². The van der Waals surface area contributed by atoms with Crippen LogP contribution < -0.4 is 10.1 Å². The molecule has 0 fully saturated rings. The fraction of sp³-hybridized carbons (Fsp3) is 0.0952. The van der Waals surface area contributed by atoms with E-state index in [-0.39, 0.29) is 17.4 Å². The van der Waals surface area contributed by atoms with Crippen LogP contribution in [0, 0.1) is 24.0 Å². The van der Waals surface area contributed by atoms with Gasteiger partial charge in [0.25, 0.3) is 0 Å². The van der Waals surface area contributed by atoms with E-state index in [9.17, 15) is 10.1 Å². The van der Waals surface area contributed by atoms with Crippen molar-refractivity contribution >= 4 is 44.0 Å². The van der Waals surface area contributed by atoms with Gasteiger partial charge in [-0.05, 0) is 55.3 Å². The molecule has 2 heterocycles. The Bertz CT molecular complexity index is 1260. The quantitative estimate of drug-likeness (QED) is 0.291. The number of pyridine rings is 1. The molecule has 2 aromatic heterocycles. The molecule has 2 aromatic carbocycles. The van der Waals surface area contributed by atoms with Gasteiger partial charge >= 0.3 is 11.6 Å². The molecule has 8 nitrogen and oxygen atoms in total. The lowest BCUT2D eigenvalue weighted by Gasteiger charge is -2.11. The van der Waals surface area contributed by atoms with Gasteiger partial charge < -0.3 is 10.1 Å². The fourth-order valence-corrected chi connectivity index (χ4v) is 3.63. The van der Waals surface area contributed by atoms with Crippen molar-refractivity contribution in [3.05, 3.63) is 80.7 Å². The predicted octanol–water partition coefficient (Wildman–Crippen LogP) is 5.85. The van der Waals surface area contributed by atoms with Gasteiger partial charge in [0.1, 0.15) is 11.8 Å². The predicted molar refractivity (Wildman–Crippen MR) is 117 cm³/mol. The van der Waals surface area contributed by atoms with E-state index in [1.807, 2.05) is 38.1 Å². The molecule has 0 radical (unpaired) electrons. The Morgan fingerprint density at radius 3 is 2.57 bits per heavy atom. The van der Waals surface area contributed by atoms with Crippen molar-refractivity contribution < 1.29 is 9.66 Å². The summed E-state index contributed by atoms with van der Waals surface area (Å²) in [5, 5.41) is 15.7. The molecule has 9 heteroatoms. The molecule has 0 aliphatic carbocycles. The zero-order valence-electron chi connectivity index (χ0n) is 16.1. The molecule has 1 N–H and O–H groups in total. The van der Waals surface area contributed by atoms with Crippen LogP contribution in [0.25, 0.3) is 10.9 Å². The number of nitrogens with zero attached hydrogens (tertiary/aromatic N) is 4. The van der Waals surface area contributed by atoms with Crippen molar-refractivity contribution in [3.8, 4) is 11.6 Å². The molecule has 0 saturated carbocycles.